The summed E-state index contributed by atoms with van der Waals surface area (Å²) in [7, 11) is 0. The van der Waals surface area contributed by atoms with E-state index in [1.54, 1.807) is 13.0 Å². The van der Waals surface area contributed by atoms with Gasteiger partial charge in [-0.25, -0.2) is 9.59 Å². The third kappa shape index (κ3) is 3.57. The molecule has 3 aromatic rings. The maximum Gasteiger partial charge on any atom is 0.349 e. The average Bonchev–Trinajstić information content (AvgIpc) is 3.27. The van der Waals surface area contributed by atoms with Crippen molar-refractivity contribution in [1.29, 1.82) is 0 Å². The summed E-state index contributed by atoms with van der Waals surface area (Å²) in [5, 5.41) is 6.15. The van der Waals surface area contributed by atoms with E-state index in [0.717, 1.165) is 21.5 Å². The predicted molar refractivity (Wildman–Crippen MR) is 102 cm³/mol. The zero-order valence-corrected chi connectivity index (χ0v) is 16.3. The highest BCUT2D eigenvalue weighted by atomic mass is 35.5. The number of nitrogens with zero attached hydrogens (tertiary/aromatic N) is 2. The van der Waals surface area contributed by atoms with Crippen LogP contribution < -0.4 is 0 Å². The molecule has 0 saturated carbocycles. The second-order valence-corrected chi connectivity index (χ2v) is 8.04. The van der Waals surface area contributed by atoms with Gasteiger partial charge in [-0.3, -0.25) is 4.68 Å². The number of hydrogen-bond donors (Lipinski definition) is 0. The largest absolute Gasteiger partial charge is 0.460 e. The smallest absolute Gasteiger partial charge is 0.349 e. The summed E-state index contributed by atoms with van der Waals surface area (Å²) in [5.41, 5.74) is 1.90. The highest BCUT2D eigenvalue weighted by Crippen LogP contribution is 2.30. The fourth-order valence-electron chi connectivity index (χ4n) is 3.09. The summed E-state index contributed by atoms with van der Waals surface area (Å²) in [5.74, 6) is -0.994. The molecule has 0 radical (unpaired) electrons. The van der Waals surface area contributed by atoms with Gasteiger partial charge in [-0.2, -0.15) is 5.10 Å². The van der Waals surface area contributed by atoms with E-state index >= 15 is 0 Å². The number of ether oxygens (including phenoxy) is 2. The van der Waals surface area contributed by atoms with Gasteiger partial charge in [0.05, 0.1) is 12.2 Å². The van der Waals surface area contributed by atoms with Gasteiger partial charge >= 0.3 is 11.9 Å². The van der Waals surface area contributed by atoms with E-state index in [2.05, 4.69) is 5.10 Å². The number of rotatable bonds is 4. The molecule has 0 spiro atoms. The molecule has 0 unspecified atom stereocenters. The van der Waals surface area contributed by atoms with E-state index in [1.807, 2.05) is 35.9 Å². The molecule has 2 aromatic heterocycles. The van der Waals surface area contributed by atoms with Gasteiger partial charge in [0.1, 0.15) is 15.8 Å². The van der Waals surface area contributed by atoms with Crippen LogP contribution in [0.2, 0.25) is 5.02 Å². The summed E-state index contributed by atoms with van der Waals surface area (Å²) < 4.78 is 12.2. The van der Waals surface area contributed by atoms with Crippen LogP contribution in [0.3, 0.4) is 0 Å². The van der Waals surface area contributed by atoms with Crippen molar-refractivity contribution in [3.63, 3.8) is 0 Å². The maximum absolute atomic E-state index is 12.5. The minimum Gasteiger partial charge on any atom is -0.460 e. The van der Waals surface area contributed by atoms with Crippen molar-refractivity contribution in [3.8, 4) is 0 Å². The lowest BCUT2D eigenvalue weighted by Gasteiger charge is -2.06. The van der Waals surface area contributed by atoms with E-state index in [0.29, 0.717) is 22.9 Å². The molecule has 2 atom stereocenters. The molecule has 0 N–H and O–H groups in total. The molecule has 27 heavy (non-hydrogen) atoms. The van der Waals surface area contributed by atoms with Gasteiger partial charge < -0.3 is 9.47 Å². The third-order valence-electron chi connectivity index (χ3n) is 4.43. The standard InChI is InChI=1S/C19H17ClN2O4S/c1-10-7-15(18(23)25-10)26-19(24)16-8-14-11(2)21-22(17(14)27-16)9-12-3-5-13(20)6-4-12/h3-6,8,10,15H,7,9H2,1-2H3/t10-,15-/m1/s1. The average molecular weight is 405 g/mol. The van der Waals surface area contributed by atoms with Gasteiger partial charge in [0, 0.05) is 16.8 Å². The molecule has 1 aromatic carbocycles. The van der Waals surface area contributed by atoms with Crippen LogP contribution in [0.5, 0.6) is 0 Å². The van der Waals surface area contributed by atoms with E-state index in [9.17, 15) is 9.59 Å². The summed E-state index contributed by atoms with van der Waals surface area (Å²) in [6.45, 7) is 4.25. The predicted octanol–water partition coefficient (Wildman–Crippen LogP) is 3.97. The fraction of sp³-hybridized carbons (Fsp3) is 0.316. The first-order valence-electron chi connectivity index (χ1n) is 8.53. The molecule has 1 aliphatic heterocycles. The van der Waals surface area contributed by atoms with E-state index in [1.165, 1.54) is 11.3 Å². The fourth-order valence-corrected chi connectivity index (χ4v) is 4.26. The molecular formula is C19H17ClN2O4S. The van der Waals surface area contributed by atoms with Gasteiger partial charge in [-0.1, -0.05) is 23.7 Å². The lowest BCUT2D eigenvalue weighted by molar-refractivity contribution is -0.147. The van der Waals surface area contributed by atoms with Crippen LogP contribution in [0, 0.1) is 6.92 Å². The van der Waals surface area contributed by atoms with Crippen molar-refractivity contribution in [2.45, 2.75) is 39.0 Å². The molecule has 0 amide bonds. The zero-order valence-electron chi connectivity index (χ0n) is 14.8. The first-order chi connectivity index (χ1) is 12.9. The number of aromatic nitrogens is 2. The lowest BCUT2D eigenvalue weighted by Crippen LogP contribution is -2.22. The number of aryl methyl sites for hydroxylation is 1. The van der Waals surface area contributed by atoms with E-state index < -0.39 is 18.0 Å². The van der Waals surface area contributed by atoms with E-state index in [4.69, 9.17) is 21.1 Å². The molecule has 140 valence electrons. The highest BCUT2D eigenvalue weighted by molar-refractivity contribution is 7.20. The minimum atomic E-state index is -0.829. The molecule has 6 nitrogen and oxygen atoms in total. The van der Waals surface area contributed by atoms with Crippen LogP contribution in [0.25, 0.3) is 10.2 Å². The topological polar surface area (TPSA) is 70.4 Å². The van der Waals surface area contributed by atoms with Crippen LogP contribution in [-0.2, 0) is 20.8 Å². The van der Waals surface area contributed by atoms with Crippen LogP contribution in [0.15, 0.2) is 30.3 Å². The summed E-state index contributed by atoms with van der Waals surface area (Å²) >= 11 is 7.24. The molecule has 0 bridgehead atoms. The molecule has 1 fully saturated rings. The first-order valence-corrected chi connectivity index (χ1v) is 9.73. The van der Waals surface area contributed by atoms with Gasteiger partial charge in [-0.15, -0.1) is 11.3 Å². The molecule has 3 heterocycles. The number of cyclic esters (lactones) is 1. The van der Waals surface area contributed by atoms with Gasteiger partial charge in [-0.05, 0) is 37.6 Å². The Morgan fingerprint density at radius 1 is 1.41 bits per heavy atom. The molecule has 0 aliphatic carbocycles. The zero-order chi connectivity index (χ0) is 19.1. The Kier molecular flexibility index (Phi) is 4.65. The SMILES string of the molecule is Cc1nn(Cc2ccc(Cl)cc2)c2sc(C(=O)O[C@@H]3C[C@@H](C)OC3=O)cc12. The van der Waals surface area contributed by atoms with E-state index in [-0.39, 0.29) is 6.10 Å². The monoisotopic (exact) mass is 404 g/mol. The Morgan fingerprint density at radius 2 is 2.15 bits per heavy atom. The highest BCUT2D eigenvalue weighted by Gasteiger charge is 2.35. The number of fused-ring (bicyclic) bond motifs is 1. The summed E-state index contributed by atoms with van der Waals surface area (Å²) in [4.78, 5) is 25.5. The van der Waals surface area contributed by atoms with Crippen molar-refractivity contribution >= 4 is 45.1 Å². The Bertz CT molecular complexity index is 1020. The second kappa shape index (κ2) is 6.98. The Hall–Kier alpha value is -2.38. The normalized spacial score (nSPS) is 19.4. The van der Waals surface area contributed by atoms with Crippen LogP contribution in [-0.4, -0.2) is 33.9 Å². The summed E-state index contributed by atoms with van der Waals surface area (Å²) in [6, 6.07) is 9.33. The van der Waals surface area contributed by atoms with Crippen LogP contribution in [0.1, 0.15) is 34.3 Å². The van der Waals surface area contributed by atoms with Gasteiger partial charge in [0.25, 0.3) is 0 Å². The molecular weight excluding hydrogens is 388 g/mol. The molecule has 4 rings (SSSR count). The molecule has 1 saturated heterocycles. The Morgan fingerprint density at radius 3 is 2.81 bits per heavy atom. The first kappa shape index (κ1) is 18.0. The Labute approximate surface area is 164 Å². The molecule has 1 aliphatic rings. The number of carbonyl (C=O) groups excluding carboxylic acids is 2. The van der Waals surface area contributed by atoms with Crippen molar-refractivity contribution in [1.82, 2.24) is 9.78 Å². The number of carbonyl (C=O) groups is 2. The van der Waals surface area contributed by atoms with Crippen LogP contribution >= 0.6 is 22.9 Å². The second-order valence-electron chi connectivity index (χ2n) is 6.58. The van der Waals surface area contributed by atoms with Crippen LogP contribution in [0.4, 0.5) is 0 Å². The van der Waals surface area contributed by atoms with Gasteiger partial charge in [0.15, 0.2) is 0 Å². The quantitative estimate of drug-likeness (QED) is 0.615. The Balaban J connectivity index is 1.57. The number of benzene rings is 1. The third-order valence-corrected chi connectivity index (χ3v) is 5.81. The minimum absolute atomic E-state index is 0.229. The number of halogens is 1. The van der Waals surface area contributed by atoms with Crippen molar-refractivity contribution in [2.75, 3.05) is 0 Å². The van der Waals surface area contributed by atoms with Crippen molar-refractivity contribution in [2.24, 2.45) is 0 Å². The van der Waals surface area contributed by atoms with Crippen molar-refractivity contribution in [3.05, 3.63) is 51.5 Å². The number of hydrogen-bond acceptors (Lipinski definition) is 6. The van der Waals surface area contributed by atoms with Gasteiger partial charge in [0.2, 0.25) is 6.10 Å². The lowest BCUT2D eigenvalue weighted by atomic mass is 10.2. The van der Waals surface area contributed by atoms with Crippen molar-refractivity contribution < 1.29 is 19.1 Å². The summed E-state index contributed by atoms with van der Waals surface area (Å²) in [6.07, 6.45) is -0.670. The number of thiophene rings is 1. The molecule has 8 heteroatoms. The maximum atomic E-state index is 12.5. The number of esters is 2.